The molecule has 29 heavy (non-hydrogen) atoms. The number of nitrogens with zero attached hydrogens (tertiary/aromatic N) is 4. The zero-order valence-corrected chi connectivity index (χ0v) is 16.8. The first-order valence-corrected chi connectivity index (χ1v) is 10.5. The zero-order chi connectivity index (χ0) is 20.9. The van der Waals surface area contributed by atoms with Crippen LogP contribution in [-0.2, 0) is 12.3 Å². The van der Waals surface area contributed by atoms with Crippen molar-refractivity contribution in [3.05, 3.63) is 45.7 Å². The summed E-state index contributed by atoms with van der Waals surface area (Å²) in [4.78, 5) is 12.1. The predicted molar refractivity (Wildman–Crippen MR) is 101 cm³/mol. The van der Waals surface area contributed by atoms with E-state index in [9.17, 15) is 22.4 Å². The standard InChI is InChI=1S/C15H12F4N6OS3/c16-9-3-1-8(2-4-9)5-20-11(26)12-23-22-10(28-12)6-27-14-25-24-13(29-14)21-7-15(17,18)19/h1-4H,5-7H2,(H,20,26)(H,21,24). The van der Waals surface area contributed by atoms with E-state index in [1.54, 1.807) is 12.1 Å². The molecule has 0 fully saturated rings. The lowest BCUT2D eigenvalue weighted by Crippen LogP contribution is -2.22. The molecule has 0 saturated carbocycles. The molecule has 3 aromatic rings. The summed E-state index contributed by atoms with van der Waals surface area (Å²) in [5.41, 5.74) is 0.742. The van der Waals surface area contributed by atoms with E-state index in [-0.39, 0.29) is 22.5 Å². The number of halogens is 4. The summed E-state index contributed by atoms with van der Waals surface area (Å²) in [6, 6.07) is 5.74. The molecule has 0 saturated heterocycles. The first-order chi connectivity index (χ1) is 13.8. The summed E-state index contributed by atoms with van der Waals surface area (Å²) in [7, 11) is 0. The van der Waals surface area contributed by atoms with E-state index < -0.39 is 18.6 Å². The van der Waals surface area contributed by atoms with Crippen LogP contribution >= 0.6 is 34.4 Å². The molecule has 14 heteroatoms. The number of aromatic nitrogens is 4. The number of nitrogens with one attached hydrogen (secondary N) is 2. The fourth-order valence-electron chi connectivity index (χ4n) is 1.90. The lowest BCUT2D eigenvalue weighted by atomic mass is 10.2. The largest absolute Gasteiger partial charge is 0.405 e. The highest BCUT2D eigenvalue weighted by molar-refractivity contribution is 8.00. The highest BCUT2D eigenvalue weighted by atomic mass is 32.2. The Balaban J connectivity index is 1.47. The van der Waals surface area contributed by atoms with Gasteiger partial charge in [0.05, 0.1) is 5.75 Å². The summed E-state index contributed by atoms with van der Waals surface area (Å²) in [6.07, 6.45) is -4.33. The van der Waals surface area contributed by atoms with E-state index in [0.717, 1.165) is 28.2 Å². The second-order valence-corrected chi connectivity index (χ2v) is 8.70. The van der Waals surface area contributed by atoms with E-state index in [0.29, 0.717) is 15.1 Å². The van der Waals surface area contributed by atoms with Crippen molar-refractivity contribution in [3.63, 3.8) is 0 Å². The molecule has 0 aliphatic heterocycles. The molecule has 0 atom stereocenters. The lowest BCUT2D eigenvalue weighted by Gasteiger charge is -2.05. The monoisotopic (exact) mass is 464 g/mol. The van der Waals surface area contributed by atoms with Gasteiger partial charge in [-0.05, 0) is 17.7 Å². The lowest BCUT2D eigenvalue weighted by molar-refractivity contribution is -0.115. The quantitative estimate of drug-likeness (QED) is 0.388. The number of carbonyl (C=O) groups excluding carboxylic acids is 1. The van der Waals surface area contributed by atoms with Crippen molar-refractivity contribution in [2.75, 3.05) is 11.9 Å². The van der Waals surface area contributed by atoms with Crippen LogP contribution in [0.2, 0.25) is 0 Å². The van der Waals surface area contributed by atoms with E-state index >= 15 is 0 Å². The molecule has 0 aliphatic rings. The van der Waals surface area contributed by atoms with Crippen molar-refractivity contribution in [1.29, 1.82) is 0 Å². The summed E-state index contributed by atoms with van der Waals surface area (Å²) >= 11 is 3.32. The Morgan fingerprint density at radius 2 is 1.83 bits per heavy atom. The van der Waals surface area contributed by atoms with E-state index in [1.165, 1.54) is 23.9 Å². The van der Waals surface area contributed by atoms with Gasteiger partial charge in [0.15, 0.2) is 4.34 Å². The van der Waals surface area contributed by atoms with E-state index in [4.69, 9.17) is 0 Å². The number of amides is 1. The fraction of sp³-hybridized carbons (Fsp3) is 0.267. The van der Waals surface area contributed by atoms with Crippen LogP contribution in [0.15, 0.2) is 28.6 Å². The zero-order valence-electron chi connectivity index (χ0n) is 14.4. The minimum absolute atomic E-state index is 0.0722. The Kier molecular flexibility index (Phi) is 6.97. The second-order valence-electron chi connectivity index (χ2n) is 5.44. The number of hydrogen-bond acceptors (Lipinski definition) is 9. The molecule has 7 nitrogen and oxygen atoms in total. The topological polar surface area (TPSA) is 92.7 Å². The van der Waals surface area contributed by atoms with E-state index in [2.05, 4.69) is 31.0 Å². The van der Waals surface area contributed by atoms with Crippen LogP contribution in [0.25, 0.3) is 0 Å². The number of carbonyl (C=O) groups is 1. The maximum Gasteiger partial charge on any atom is 0.405 e. The van der Waals surface area contributed by atoms with Crippen LogP contribution in [0.5, 0.6) is 0 Å². The Labute approximate surface area is 174 Å². The predicted octanol–water partition coefficient (Wildman–Crippen LogP) is 3.73. The summed E-state index contributed by atoms with van der Waals surface area (Å²) in [5, 5.41) is 20.8. The van der Waals surface area contributed by atoms with Crippen molar-refractivity contribution < 1.29 is 22.4 Å². The number of rotatable bonds is 8. The van der Waals surface area contributed by atoms with Gasteiger partial charge in [-0.2, -0.15) is 13.2 Å². The van der Waals surface area contributed by atoms with Crippen LogP contribution in [0.4, 0.5) is 22.7 Å². The van der Waals surface area contributed by atoms with Crippen molar-refractivity contribution in [3.8, 4) is 0 Å². The third-order valence-electron chi connectivity index (χ3n) is 3.19. The number of thioether (sulfide) groups is 1. The number of alkyl halides is 3. The Morgan fingerprint density at radius 3 is 2.55 bits per heavy atom. The first-order valence-electron chi connectivity index (χ1n) is 7.90. The van der Waals surface area contributed by atoms with E-state index in [1.807, 2.05) is 0 Å². The Hall–Kier alpha value is -2.32. The molecule has 154 valence electrons. The number of hydrogen-bond donors (Lipinski definition) is 2. The van der Waals surface area contributed by atoms with Crippen molar-refractivity contribution in [2.45, 2.75) is 22.8 Å². The van der Waals surface area contributed by atoms with Crippen LogP contribution in [0.1, 0.15) is 20.4 Å². The molecule has 2 N–H and O–H groups in total. The van der Waals surface area contributed by atoms with Gasteiger partial charge in [0, 0.05) is 6.54 Å². The highest BCUT2D eigenvalue weighted by Gasteiger charge is 2.27. The van der Waals surface area contributed by atoms with Crippen LogP contribution < -0.4 is 10.6 Å². The fourth-order valence-corrected chi connectivity index (χ4v) is 4.39. The molecular weight excluding hydrogens is 452 g/mol. The van der Waals surface area contributed by atoms with Crippen molar-refractivity contribution in [1.82, 2.24) is 25.7 Å². The number of anilines is 1. The van der Waals surface area contributed by atoms with Gasteiger partial charge in [0.1, 0.15) is 17.4 Å². The smallest absolute Gasteiger partial charge is 0.351 e. The molecule has 0 spiro atoms. The van der Waals surface area contributed by atoms with Crippen LogP contribution in [0.3, 0.4) is 0 Å². The third kappa shape index (κ3) is 6.90. The molecule has 0 unspecified atom stereocenters. The molecule has 2 aromatic heterocycles. The molecular formula is C15H12F4N6OS3. The maximum atomic E-state index is 12.9. The molecule has 2 heterocycles. The minimum atomic E-state index is -4.33. The van der Waals surface area contributed by atoms with Crippen LogP contribution in [0, 0.1) is 5.82 Å². The molecule has 1 amide bonds. The normalized spacial score (nSPS) is 11.4. The summed E-state index contributed by atoms with van der Waals surface area (Å²) in [5.74, 6) is -0.417. The SMILES string of the molecule is O=C(NCc1ccc(F)cc1)c1nnc(CSc2nnc(NCC(F)(F)F)s2)s1. The van der Waals surface area contributed by atoms with Gasteiger partial charge in [-0.1, -0.05) is 46.6 Å². The number of benzene rings is 1. The molecule has 1 aromatic carbocycles. The van der Waals surface area contributed by atoms with Crippen LogP contribution in [-0.4, -0.2) is 39.0 Å². The molecule has 0 radical (unpaired) electrons. The van der Waals surface area contributed by atoms with Gasteiger partial charge in [-0.25, -0.2) is 4.39 Å². The van der Waals surface area contributed by atoms with Crippen molar-refractivity contribution in [2.24, 2.45) is 0 Å². The second kappa shape index (κ2) is 9.45. The third-order valence-corrected chi connectivity index (χ3v) is 6.32. The Bertz CT molecular complexity index is 960. The molecule has 0 bridgehead atoms. The van der Waals surface area contributed by atoms with Gasteiger partial charge in [0.25, 0.3) is 5.91 Å². The average Bonchev–Trinajstić information content (AvgIpc) is 3.33. The minimum Gasteiger partial charge on any atom is -0.351 e. The van der Waals surface area contributed by atoms with Gasteiger partial charge in [0.2, 0.25) is 10.1 Å². The summed E-state index contributed by atoms with van der Waals surface area (Å²) in [6.45, 7) is -0.958. The van der Waals surface area contributed by atoms with Gasteiger partial charge >= 0.3 is 6.18 Å². The highest BCUT2D eigenvalue weighted by Crippen LogP contribution is 2.29. The maximum absolute atomic E-state index is 12.9. The summed E-state index contributed by atoms with van der Waals surface area (Å²) < 4.78 is 49.9. The van der Waals surface area contributed by atoms with Gasteiger partial charge in [-0.3, -0.25) is 4.79 Å². The molecule has 0 aliphatic carbocycles. The van der Waals surface area contributed by atoms with Gasteiger partial charge < -0.3 is 10.6 Å². The van der Waals surface area contributed by atoms with Gasteiger partial charge in [-0.15, -0.1) is 20.4 Å². The van der Waals surface area contributed by atoms with Crippen molar-refractivity contribution >= 4 is 45.5 Å². The Morgan fingerprint density at radius 1 is 1.07 bits per heavy atom. The average molecular weight is 464 g/mol. The molecule has 3 rings (SSSR count). The first kappa shape index (κ1) is 21.4.